The van der Waals surface area contributed by atoms with Crippen LogP contribution in [0.4, 0.5) is 0 Å². The van der Waals surface area contributed by atoms with E-state index in [0.717, 1.165) is 5.92 Å². The van der Waals surface area contributed by atoms with E-state index in [9.17, 15) is 0 Å². The minimum Gasteiger partial charge on any atom is -0.264 e. The summed E-state index contributed by atoms with van der Waals surface area (Å²) in [7, 11) is 2.13. The molecule has 1 aliphatic carbocycles. The topological polar surface area (TPSA) is 16.8 Å². The third-order valence-electron chi connectivity index (χ3n) is 5.51. The lowest BCUT2D eigenvalue weighted by molar-refractivity contribution is -0.659. The van der Waals surface area contributed by atoms with Crippen LogP contribution >= 0.6 is 0 Å². The highest BCUT2D eigenvalue weighted by Crippen LogP contribution is 2.35. The Hall–Kier alpha value is -2.22. The first-order valence-corrected chi connectivity index (χ1v) is 9.07. The van der Waals surface area contributed by atoms with Gasteiger partial charge >= 0.3 is 0 Å². The minimum absolute atomic E-state index is 0.753. The minimum atomic E-state index is 0.753. The average Bonchev–Trinajstić information content (AvgIpc) is 2.63. The van der Waals surface area contributed by atoms with Crippen molar-refractivity contribution in [1.29, 1.82) is 0 Å². The van der Waals surface area contributed by atoms with Crippen molar-refractivity contribution in [3.8, 4) is 11.3 Å². The molecule has 1 fully saturated rings. The zero-order valence-electron chi connectivity index (χ0n) is 14.6. The van der Waals surface area contributed by atoms with Crippen molar-refractivity contribution in [3.05, 3.63) is 60.0 Å². The Balaban J connectivity index is 1.86. The summed E-state index contributed by atoms with van der Waals surface area (Å²) in [5, 5.41) is 2.68. The van der Waals surface area contributed by atoms with Crippen LogP contribution in [0.25, 0.3) is 22.0 Å². The molecular weight excluding hydrogens is 292 g/mol. The maximum absolute atomic E-state index is 4.25. The molecule has 0 amide bonds. The van der Waals surface area contributed by atoms with Gasteiger partial charge in [0.05, 0.1) is 10.9 Å². The van der Waals surface area contributed by atoms with Crippen molar-refractivity contribution < 1.29 is 4.57 Å². The van der Waals surface area contributed by atoms with Crippen molar-refractivity contribution in [1.82, 2.24) is 4.98 Å². The van der Waals surface area contributed by atoms with E-state index in [0.29, 0.717) is 0 Å². The largest absolute Gasteiger partial charge is 0.264 e. The van der Waals surface area contributed by atoms with Crippen molar-refractivity contribution in [3.63, 3.8) is 0 Å². The molecule has 2 aromatic heterocycles. The molecule has 2 nitrogen and oxygen atoms in total. The second-order valence-corrected chi connectivity index (χ2v) is 7.15. The fourth-order valence-corrected chi connectivity index (χ4v) is 4.16. The van der Waals surface area contributed by atoms with Gasteiger partial charge in [0, 0.05) is 18.5 Å². The first-order valence-electron chi connectivity index (χ1n) is 9.07. The van der Waals surface area contributed by atoms with Crippen LogP contribution in [0, 0.1) is 6.92 Å². The van der Waals surface area contributed by atoms with Crippen LogP contribution < -0.4 is 4.57 Å². The third kappa shape index (κ3) is 2.71. The first-order chi connectivity index (χ1) is 11.7. The molecule has 0 bridgehead atoms. The van der Waals surface area contributed by atoms with Gasteiger partial charge in [0.25, 0.3) is 0 Å². The van der Waals surface area contributed by atoms with Gasteiger partial charge in [0.1, 0.15) is 7.05 Å². The van der Waals surface area contributed by atoms with Gasteiger partial charge in [0.2, 0.25) is 5.69 Å². The Labute approximate surface area is 144 Å². The number of aromatic nitrogens is 2. The van der Waals surface area contributed by atoms with Gasteiger partial charge in [0.15, 0.2) is 6.20 Å². The number of fused-ring (bicyclic) bond motifs is 1. The molecule has 1 aliphatic rings. The van der Waals surface area contributed by atoms with Crippen molar-refractivity contribution >= 4 is 10.8 Å². The highest BCUT2D eigenvalue weighted by Gasteiger charge is 2.19. The summed E-state index contributed by atoms with van der Waals surface area (Å²) in [6.07, 6.45) is 12.9. The molecule has 0 saturated heterocycles. The second-order valence-electron chi connectivity index (χ2n) is 7.15. The quantitative estimate of drug-likeness (QED) is 0.602. The third-order valence-corrected chi connectivity index (χ3v) is 5.51. The molecule has 0 spiro atoms. The van der Waals surface area contributed by atoms with Gasteiger partial charge in [-0.2, -0.15) is 0 Å². The fraction of sp³-hybridized carbons (Fsp3) is 0.364. The molecule has 1 aromatic carbocycles. The standard InChI is InChI=1S/C22H25N2/c1-16-15-23-12-10-20(16)22-21-9-8-18(17-6-4-3-5-7-17)14-19(21)11-13-24(22)2/h8-15,17H,3-7H2,1-2H3/q+1. The first kappa shape index (κ1) is 15.3. The summed E-state index contributed by atoms with van der Waals surface area (Å²) in [4.78, 5) is 4.25. The lowest BCUT2D eigenvalue weighted by atomic mass is 9.83. The van der Waals surface area contributed by atoms with E-state index in [4.69, 9.17) is 0 Å². The predicted molar refractivity (Wildman–Crippen MR) is 98.9 cm³/mol. The number of aryl methyl sites for hydroxylation is 2. The summed E-state index contributed by atoms with van der Waals surface area (Å²) >= 11 is 0. The van der Waals surface area contributed by atoms with Crippen LogP contribution in [-0.2, 0) is 7.05 Å². The lowest BCUT2D eigenvalue weighted by Crippen LogP contribution is -2.30. The summed E-state index contributed by atoms with van der Waals surface area (Å²) in [5.74, 6) is 0.753. The SMILES string of the molecule is Cc1cnccc1-c1c2ccc(C3CCCCC3)cc2cc[n+]1C. The molecular formula is C22H25N2+. The number of hydrogen-bond acceptors (Lipinski definition) is 1. The van der Waals surface area contributed by atoms with E-state index < -0.39 is 0 Å². The normalized spacial score (nSPS) is 15.8. The Morgan fingerprint density at radius 3 is 2.67 bits per heavy atom. The lowest BCUT2D eigenvalue weighted by Gasteiger charge is -2.22. The van der Waals surface area contributed by atoms with Crippen LogP contribution in [0.3, 0.4) is 0 Å². The molecule has 0 N–H and O–H groups in total. The van der Waals surface area contributed by atoms with Gasteiger partial charge in [-0.25, -0.2) is 4.57 Å². The van der Waals surface area contributed by atoms with Crippen molar-refractivity contribution in [2.75, 3.05) is 0 Å². The maximum Gasteiger partial charge on any atom is 0.220 e. The number of rotatable bonds is 2. The maximum atomic E-state index is 4.25. The molecule has 1 saturated carbocycles. The fourth-order valence-electron chi connectivity index (χ4n) is 4.16. The smallest absolute Gasteiger partial charge is 0.220 e. The zero-order valence-corrected chi connectivity index (χ0v) is 14.6. The Morgan fingerprint density at radius 2 is 1.88 bits per heavy atom. The summed E-state index contributed by atoms with van der Waals surface area (Å²) in [5.41, 5.74) is 5.29. The summed E-state index contributed by atoms with van der Waals surface area (Å²) < 4.78 is 2.23. The Bertz CT molecular complexity index is 876. The molecule has 0 aliphatic heterocycles. The van der Waals surface area contributed by atoms with E-state index in [2.05, 4.69) is 60.1 Å². The van der Waals surface area contributed by atoms with Crippen LogP contribution in [-0.4, -0.2) is 4.98 Å². The molecule has 0 radical (unpaired) electrons. The molecule has 0 atom stereocenters. The van der Waals surface area contributed by atoms with E-state index in [1.165, 1.54) is 65.3 Å². The van der Waals surface area contributed by atoms with Crippen LogP contribution in [0.2, 0.25) is 0 Å². The molecule has 2 heteroatoms. The molecule has 4 rings (SSSR count). The number of hydrogen-bond donors (Lipinski definition) is 0. The van der Waals surface area contributed by atoms with Crippen LogP contribution in [0.1, 0.15) is 49.1 Å². The Morgan fingerprint density at radius 1 is 1.04 bits per heavy atom. The summed E-state index contributed by atoms with van der Waals surface area (Å²) in [6, 6.07) is 11.5. The second kappa shape index (κ2) is 6.35. The van der Waals surface area contributed by atoms with Crippen LogP contribution in [0.15, 0.2) is 48.9 Å². The van der Waals surface area contributed by atoms with Gasteiger partial charge in [-0.3, -0.25) is 4.98 Å². The average molecular weight is 317 g/mol. The number of benzene rings is 1. The number of nitrogens with zero attached hydrogens (tertiary/aromatic N) is 2. The van der Waals surface area contributed by atoms with Crippen molar-refractivity contribution in [2.24, 2.45) is 7.05 Å². The molecule has 3 aromatic rings. The van der Waals surface area contributed by atoms with Crippen molar-refractivity contribution in [2.45, 2.75) is 44.9 Å². The van der Waals surface area contributed by atoms with Crippen LogP contribution in [0.5, 0.6) is 0 Å². The van der Waals surface area contributed by atoms with Gasteiger partial charge in [-0.05, 0) is 54.3 Å². The highest BCUT2D eigenvalue weighted by atomic mass is 14.9. The molecule has 0 unspecified atom stereocenters. The Kier molecular flexibility index (Phi) is 4.05. The predicted octanol–water partition coefficient (Wildman–Crippen LogP) is 5.08. The summed E-state index contributed by atoms with van der Waals surface area (Å²) in [6.45, 7) is 2.14. The number of pyridine rings is 2. The van der Waals surface area contributed by atoms with E-state index in [-0.39, 0.29) is 0 Å². The van der Waals surface area contributed by atoms with Gasteiger partial charge < -0.3 is 0 Å². The molecule has 122 valence electrons. The van der Waals surface area contributed by atoms with E-state index >= 15 is 0 Å². The molecule has 2 heterocycles. The molecule has 24 heavy (non-hydrogen) atoms. The van der Waals surface area contributed by atoms with Gasteiger partial charge in [-0.1, -0.05) is 31.4 Å². The highest BCUT2D eigenvalue weighted by molar-refractivity contribution is 5.93. The van der Waals surface area contributed by atoms with E-state index in [1.54, 1.807) is 0 Å². The zero-order chi connectivity index (χ0) is 16.5. The monoisotopic (exact) mass is 317 g/mol. The van der Waals surface area contributed by atoms with Gasteiger partial charge in [-0.15, -0.1) is 0 Å². The van der Waals surface area contributed by atoms with E-state index in [1.807, 2.05) is 12.4 Å².